The first-order chi connectivity index (χ1) is 12.7. The lowest BCUT2D eigenvalue weighted by Gasteiger charge is -2.46. The van der Waals surface area contributed by atoms with Gasteiger partial charge in [0.15, 0.2) is 0 Å². The first kappa shape index (κ1) is 18.8. The van der Waals surface area contributed by atoms with Crippen molar-refractivity contribution in [2.45, 2.75) is 51.4 Å². The van der Waals surface area contributed by atoms with Crippen molar-refractivity contribution in [3.05, 3.63) is 76.8 Å². The molecule has 1 aromatic carbocycles. The summed E-state index contributed by atoms with van der Waals surface area (Å²) in [6.07, 6.45) is 16.6. The summed E-state index contributed by atoms with van der Waals surface area (Å²) in [5.74, 6) is 1.90. The highest BCUT2D eigenvalue weighted by molar-refractivity contribution is 5.42. The van der Waals surface area contributed by atoms with E-state index in [9.17, 15) is 4.91 Å². The van der Waals surface area contributed by atoms with Crippen LogP contribution in [0.25, 0.3) is 0 Å². The summed E-state index contributed by atoms with van der Waals surface area (Å²) in [4.78, 5) is 11.7. The van der Waals surface area contributed by atoms with E-state index in [1.165, 1.54) is 36.8 Å². The zero-order valence-electron chi connectivity index (χ0n) is 16.1. The molecule has 1 aromatic rings. The molecule has 0 amide bonds. The van der Waals surface area contributed by atoms with E-state index in [4.69, 9.17) is 0 Å². The number of rotatable bonds is 6. The molecule has 0 spiro atoms. The summed E-state index contributed by atoms with van der Waals surface area (Å²) in [6.45, 7) is 5.01. The zero-order chi connectivity index (χ0) is 18.4. The number of nitrogens with zero attached hydrogens (tertiary/aromatic N) is 1. The van der Waals surface area contributed by atoms with Gasteiger partial charge in [-0.1, -0.05) is 98.2 Å². The highest BCUT2D eigenvalue weighted by Gasteiger charge is 2.45. The molecule has 3 unspecified atom stereocenters. The van der Waals surface area contributed by atoms with Gasteiger partial charge in [-0.05, 0) is 42.6 Å². The molecule has 2 nitrogen and oxygen atoms in total. The van der Waals surface area contributed by atoms with Gasteiger partial charge in [0.25, 0.3) is 0 Å². The smallest absolute Gasteiger partial charge is 0.0947 e. The molecule has 1 saturated carbocycles. The molecule has 0 saturated heterocycles. The van der Waals surface area contributed by atoms with E-state index in [1.54, 1.807) is 0 Å². The van der Waals surface area contributed by atoms with E-state index >= 15 is 0 Å². The van der Waals surface area contributed by atoms with Crippen molar-refractivity contribution < 1.29 is 0 Å². The molecular formula is C24H31NO. The Morgan fingerprint density at radius 1 is 1.12 bits per heavy atom. The maximum Gasteiger partial charge on any atom is 0.0947 e. The third-order valence-corrected chi connectivity index (χ3v) is 6.52. The van der Waals surface area contributed by atoms with E-state index in [0.717, 1.165) is 12.3 Å². The van der Waals surface area contributed by atoms with Crippen LogP contribution < -0.4 is 0 Å². The predicted octanol–water partition coefficient (Wildman–Crippen LogP) is 6.60. The lowest BCUT2D eigenvalue weighted by Crippen LogP contribution is -2.43. The van der Waals surface area contributed by atoms with Gasteiger partial charge in [0.2, 0.25) is 0 Å². The zero-order valence-corrected chi connectivity index (χ0v) is 16.1. The van der Waals surface area contributed by atoms with E-state index in [1.807, 2.05) is 0 Å². The highest BCUT2D eigenvalue weighted by Crippen LogP contribution is 2.50. The molecular weight excluding hydrogens is 318 g/mol. The summed E-state index contributed by atoms with van der Waals surface area (Å²) in [5, 5.41) is 3.50. The largest absolute Gasteiger partial charge is 0.151 e. The molecule has 1 fully saturated rings. The molecule has 0 aliphatic heterocycles. The Labute approximate surface area is 158 Å². The fraction of sp³-hybridized carbons (Fsp3) is 0.500. The van der Waals surface area contributed by atoms with Crippen LogP contribution in [-0.4, -0.2) is 6.54 Å². The van der Waals surface area contributed by atoms with Crippen molar-refractivity contribution >= 4 is 0 Å². The maximum absolute atomic E-state index is 11.7. The molecule has 26 heavy (non-hydrogen) atoms. The van der Waals surface area contributed by atoms with Crippen LogP contribution in [0, 0.1) is 22.7 Å². The molecule has 0 heterocycles. The van der Waals surface area contributed by atoms with Gasteiger partial charge >= 0.3 is 0 Å². The van der Waals surface area contributed by atoms with Crippen molar-refractivity contribution in [2.24, 2.45) is 22.9 Å². The molecule has 2 aliphatic carbocycles. The monoisotopic (exact) mass is 349 g/mol. The van der Waals surface area contributed by atoms with Crippen LogP contribution >= 0.6 is 0 Å². The van der Waals surface area contributed by atoms with E-state index < -0.39 is 0 Å². The molecule has 2 aliphatic rings. The maximum atomic E-state index is 11.7. The Hall–Kier alpha value is -1.96. The Morgan fingerprint density at radius 2 is 1.92 bits per heavy atom. The lowest BCUT2D eigenvalue weighted by molar-refractivity contribution is 0.156. The minimum absolute atomic E-state index is 0.282. The lowest BCUT2D eigenvalue weighted by atomic mass is 9.58. The first-order valence-electron chi connectivity index (χ1n) is 10.1. The SMILES string of the molecule is CC(C)C1CCCC(C(CN=O)(C2=CC=CC=CC2)c2ccccc2)C1. The fourth-order valence-corrected chi connectivity index (χ4v) is 5.03. The summed E-state index contributed by atoms with van der Waals surface area (Å²) < 4.78 is 0. The highest BCUT2D eigenvalue weighted by atomic mass is 16.3. The Bertz CT molecular complexity index is 685. The molecule has 0 radical (unpaired) electrons. The van der Waals surface area contributed by atoms with Crippen LogP contribution in [0.5, 0.6) is 0 Å². The van der Waals surface area contributed by atoms with Crippen LogP contribution in [0.15, 0.2) is 71.5 Å². The second-order valence-corrected chi connectivity index (χ2v) is 8.20. The number of hydrogen-bond donors (Lipinski definition) is 0. The van der Waals surface area contributed by atoms with Gasteiger partial charge in [-0.2, -0.15) is 4.91 Å². The third-order valence-electron chi connectivity index (χ3n) is 6.52. The Balaban J connectivity index is 2.10. The van der Waals surface area contributed by atoms with Gasteiger partial charge < -0.3 is 0 Å². The van der Waals surface area contributed by atoms with Crippen molar-refractivity contribution in [3.63, 3.8) is 0 Å². The molecule has 2 heteroatoms. The topological polar surface area (TPSA) is 29.4 Å². The van der Waals surface area contributed by atoms with Crippen LogP contribution in [0.2, 0.25) is 0 Å². The van der Waals surface area contributed by atoms with Crippen molar-refractivity contribution in [1.29, 1.82) is 0 Å². The summed E-state index contributed by atoms with van der Waals surface area (Å²) >= 11 is 0. The standard InChI is InChI=1S/C24H31NO/c1-19(2)20-11-10-16-23(17-20)24(18-25-26,22-14-8-5-9-15-22)21-12-6-3-4-7-13-21/h3-9,12,14-15,19-20,23H,10-11,13,16-18H2,1-2H3. The van der Waals surface area contributed by atoms with Crippen LogP contribution in [0.3, 0.4) is 0 Å². The van der Waals surface area contributed by atoms with Gasteiger partial charge in [0.1, 0.15) is 0 Å². The van der Waals surface area contributed by atoms with Gasteiger partial charge in [0.05, 0.1) is 6.54 Å². The molecule has 0 aromatic heterocycles. The molecule has 0 N–H and O–H groups in total. The van der Waals surface area contributed by atoms with Crippen LogP contribution in [0.1, 0.15) is 51.5 Å². The van der Waals surface area contributed by atoms with E-state index in [0.29, 0.717) is 18.4 Å². The number of nitroso groups, excluding NO2 is 1. The fourth-order valence-electron chi connectivity index (χ4n) is 5.03. The minimum Gasteiger partial charge on any atom is -0.151 e. The van der Waals surface area contributed by atoms with Gasteiger partial charge in [-0.25, -0.2) is 0 Å². The number of hydrogen-bond acceptors (Lipinski definition) is 2. The van der Waals surface area contributed by atoms with Crippen LogP contribution in [0.4, 0.5) is 0 Å². The normalized spacial score (nSPS) is 25.4. The Kier molecular flexibility index (Phi) is 6.24. The van der Waals surface area contributed by atoms with E-state index in [-0.39, 0.29) is 5.41 Å². The second-order valence-electron chi connectivity index (χ2n) is 8.20. The quantitative estimate of drug-likeness (QED) is 0.532. The molecule has 3 rings (SSSR count). The number of allylic oxidation sites excluding steroid dienone is 5. The van der Waals surface area contributed by atoms with Gasteiger partial charge in [-0.15, -0.1) is 0 Å². The van der Waals surface area contributed by atoms with Gasteiger partial charge in [-0.3, -0.25) is 0 Å². The minimum atomic E-state index is -0.282. The number of benzene rings is 1. The van der Waals surface area contributed by atoms with Crippen LogP contribution in [-0.2, 0) is 5.41 Å². The van der Waals surface area contributed by atoms with Crippen molar-refractivity contribution in [3.8, 4) is 0 Å². The summed E-state index contributed by atoms with van der Waals surface area (Å²) in [7, 11) is 0. The summed E-state index contributed by atoms with van der Waals surface area (Å²) in [6, 6.07) is 10.6. The van der Waals surface area contributed by atoms with Gasteiger partial charge in [0, 0.05) is 5.41 Å². The molecule has 0 bridgehead atoms. The summed E-state index contributed by atoms with van der Waals surface area (Å²) in [5.41, 5.74) is 2.31. The average molecular weight is 350 g/mol. The average Bonchev–Trinajstić information content (AvgIpc) is 2.96. The van der Waals surface area contributed by atoms with Crippen molar-refractivity contribution in [1.82, 2.24) is 0 Å². The first-order valence-corrected chi connectivity index (χ1v) is 10.1. The second kappa shape index (κ2) is 8.62. The molecule has 3 atom stereocenters. The predicted molar refractivity (Wildman–Crippen MR) is 110 cm³/mol. The third kappa shape index (κ3) is 3.75. The van der Waals surface area contributed by atoms with Crippen molar-refractivity contribution in [2.75, 3.05) is 6.54 Å². The van der Waals surface area contributed by atoms with E-state index in [2.05, 4.69) is 79.7 Å². The molecule has 138 valence electrons. The Morgan fingerprint density at radius 3 is 2.65 bits per heavy atom.